The molecular formula is C22H22ClN3O4S2. The Morgan fingerprint density at radius 1 is 1.19 bits per heavy atom. The highest BCUT2D eigenvalue weighted by Gasteiger charge is 2.54. The lowest BCUT2D eigenvalue weighted by Crippen LogP contribution is -2.55. The van der Waals surface area contributed by atoms with Gasteiger partial charge in [-0.05, 0) is 67.9 Å². The van der Waals surface area contributed by atoms with E-state index in [0.29, 0.717) is 24.0 Å². The highest BCUT2D eigenvalue weighted by Crippen LogP contribution is 2.62. The summed E-state index contributed by atoms with van der Waals surface area (Å²) in [6, 6.07) is 8.74. The Morgan fingerprint density at radius 2 is 1.97 bits per heavy atom. The number of aromatic nitrogens is 1. The molecule has 0 radical (unpaired) electrons. The van der Waals surface area contributed by atoms with Crippen LogP contribution in [-0.4, -0.2) is 42.7 Å². The van der Waals surface area contributed by atoms with E-state index in [2.05, 4.69) is 5.32 Å². The Bertz CT molecular complexity index is 1310. The smallest absolute Gasteiger partial charge is 0.287 e. The van der Waals surface area contributed by atoms with Crippen LogP contribution in [0.15, 0.2) is 39.8 Å². The van der Waals surface area contributed by atoms with Crippen molar-refractivity contribution in [3.63, 3.8) is 0 Å². The van der Waals surface area contributed by atoms with Gasteiger partial charge in [-0.1, -0.05) is 11.6 Å². The molecular weight excluding hydrogens is 470 g/mol. The summed E-state index contributed by atoms with van der Waals surface area (Å²) in [5, 5.41) is 4.71. The first-order valence-corrected chi connectivity index (χ1v) is 13.4. The van der Waals surface area contributed by atoms with Crippen molar-refractivity contribution in [2.75, 3.05) is 13.1 Å². The monoisotopic (exact) mass is 491 g/mol. The van der Waals surface area contributed by atoms with Gasteiger partial charge in [-0.2, -0.15) is 4.31 Å². The highest BCUT2D eigenvalue weighted by atomic mass is 35.5. The van der Waals surface area contributed by atoms with Crippen molar-refractivity contribution >= 4 is 49.1 Å². The maximum Gasteiger partial charge on any atom is 0.287 e. The molecule has 0 unspecified atom stereocenters. The van der Waals surface area contributed by atoms with Gasteiger partial charge in [0.1, 0.15) is 0 Å². The number of hydrogen-bond donors (Lipinski definition) is 1. The van der Waals surface area contributed by atoms with Crippen LogP contribution in [0.1, 0.15) is 53.6 Å². The van der Waals surface area contributed by atoms with Crippen LogP contribution in [0.3, 0.4) is 0 Å². The van der Waals surface area contributed by atoms with Crippen LogP contribution in [-0.2, 0) is 10.0 Å². The van der Waals surface area contributed by atoms with Crippen molar-refractivity contribution in [1.29, 1.82) is 0 Å². The summed E-state index contributed by atoms with van der Waals surface area (Å²) >= 11 is 7.81. The molecule has 7 nitrogen and oxygen atoms in total. The van der Waals surface area contributed by atoms with E-state index in [1.807, 2.05) is 18.2 Å². The third-order valence-corrected chi connectivity index (χ3v) is 10.2. The van der Waals surface area contributed by atoms with Crippen LogP contribution < -0.4 is 5.32 Å². The van der Waals surface area contributed by atoms with Crippen molar-refractivity contribution in [2.24, 2.45) is 5.41 Å². The molecule has 0 bridgehead atoms. The van der Waals surface area contributed by atoms with Crippen molar-refractivity contribution in [1.82, 2.24) is 14.6 Å². The number of furan rings is 1. The summed E-state index contributed by atoms with van der Waals surface area (Å²) in [5.74, 6) is 0.167. The van der Waals surface area contributed by atoms with Gasteiger partial charge >= 0.3 is 0 Å². The van der Waals surface area contributed by atoms with Crippen LogP contribution in [0.2, 0.25) is 5.02 Å². The quantitative estimate of drug-likeness (QED) is 0.571. The summed E-state index contributed by atoms with van der Waals surface area (Å²) in [7, 11) is -3.62. The number of nitrogens with one attached hydrogen (secondary N) is 1. The first kappa shape index (κ1) is 20.7. The number of sulfonamides is 1. The lowest BCUT2D eigenvalue weighted by Gasteiger charge is -2.57. The molecule has 1 amide bonds. The SMILES string of the molecule is O=C(NC1CC2(C1)CC(c1nc3cc(Cl)ccc3s1)C2)c1ccc(S(=O)(=O)N2CCC2)o1. The molecule has 1 aliphatic heterocycles. The molecule has 0 atom stereocenters. The molecule has 3 fully saturated rings. The number of carbonyl (C=O) groups is 1. The minimum atomic E-state index is -3.62. The van der Waals surface area contributed by atoms with E-state index >= 15 is 0 Å². The summed E-state index contributed by atoms with van der Waals surface area (Å²) in [4.78, 5) is 17.3. The van der Waals surface area contributed by atoms with Crippen molar-refractivity contribution in [3.05, 3.63) is 46.1 Å². The number of carbonyl (C=O) groups excluding carboxylic acids is 1. The molecule has 3 aromatic rings. The van der Waals surface area contributed by atoms with Crippen LogP contribution in [0, 0.1) is 5.41 Å². The second-order valence-corrected chi connectivity index (χ2v) is 12.6. The molecule has 1 spiro atoms. The molecule has 1 aromatic carbocycles. The Kier molecular flexibility index (Phi) is 4.70. The van der Waals surface area contributed by atoms with E-state index in [0.717, 1.165) is 42.3 Å². The fourth-order valence-electron chi connectivity index (χ4n) is 5.17. The topological polar surface area (TPSA) is 92.5 Å². The normalized spacial score (nSPS) is 27.7. The molecule has 3 aliphatic rings. The van der Waals surface area contributed by atoms with E-state index < -0.39 is 10.0 Å². The number of halogens is 1. The Hall–Kier alpha value is -1.94. The molecule has 1 N–H and O–H groups in total. The lowest BCUT2D eigenvalue weighted by molar-refractivity contribution is -0.0190. The number of hydrogen-bond acceptors (Lipinski definition) is 6. The highest BCUT2D eigenvalue weighted by molar-refractivity contribution is 7.89. The van der Waals surface area contributed by atoms with Crippen molar-refractivity contribution in [3.8, 4) is 0 Å². The zero-order valence-electron chi connectivity index (χ0n) is 17.2. The van der Waals surface area contributed by atoms with Gasteiger partial charge in [0.2, 0.25) is 5.09 Å². The van der Waals surface area contributed by atoms with Gasteiger partial charge in [0.15, 0.2) is 5.76 Å². The number of nitrogens with zero attached hydrogens (tertiary/aromatic N) is 2. The predicted octanol–water partition coefficient (Wildman–Crippen LogP) is 4.39. The molecule has 10 heteroatoms. The van der Waals surface area contributed by atoms with E-state index in [1.54, 1.807) is 11.3 Å². The largest absolute Gasteiger partial charge is 0.438 e. The van der Waals surface area contributed by atoms with E-state index in [1.165, 1.54) is 21.4 Å². The number of benzene rings is 1. The van der Waals surface area contributed by atoms with E-state index in [4.69, 9.17) is 21.0 Å². The van der Waals surface area contributed by atoms with E-state index in [9.17, 15) is 13.2 Å². The zero-order valence-corrected chi connectivity index (χ0v) is 19.6. The fraction of sp³-hybridized carbons (Fsp3) is 0.455. The van der Waals surface area contributed by atoms with Gasteiger partial charge in [0.25, 0.3) is 15.9 Å². The third kappa shape index (κ3) is 3.37. The Labute approximate surface area is 194 Å². The van der Waals surface area contributed by atoms with Gasteiger partial charge in [-0.25, -0.2) is 13.4 Å². The van der Waals surface area contributed by atoms with Gasteiger partial charge < -0.3 is 9.73 Å². The van der Waals surface area contributed by atoms with Gasteiger partial charge in [-0.3, -0.25) is 4.79 Å². The first-order valence-electron chi connectivity index (χ1n) is 10.8. The average molecular weight is 492 g/mol. The summed E-state index contributed by atoms with van der Waals surface area (Å²) in [6.07, 6.45) is 4.90. The Morgan fingerprint density at radius 3 is 2.69 bits per heavy atom. The second kappa shape index (κ2) is 7.28. The second-order valence-electron chi connectivity index (χ2n) is 9.22. The predicted molar refractivity (Wildman–Crippen MR) is 122 cm³/mol. The van der Waals surface area contributed by atoms with Crippen LogP contribution in [0.25, 0.3) is 10.2 Å². The number of rotatable bonds is 5. The first-order chi connectivity index (χ1) is 15.3. The molecule has 168 valence electrons. The Balaban J connectivity index is 1.04. The summed E-state index contributed by atoms with van der Waals surface area (Å²) in [5.41, 5.74) is 1.25. The minimum Gasteiger partial charge on any atom is -0.438 e. The molecule has 3 heterocycles. The lowest BCUT2D eigenvalue weighted by atomic mass is 9.50. The van der Waals surface area contributed by atoms with Crippen LogP contribution >= 0.6 is 22.9 Å². The zero-order chi connectivity index (χ0) is 22.1. The van der Waals surface area contributed by atoms with Gasteiger partial charge in [0.05, 0.1) is 15.2 Å². The standard InChI is InChI=1S/C22H22ClN3O4S2/c23-14-2-4-18-16(8-14)25-21(31-18)13-9-22(10-13)11-15(12-22)24-20(27)17-3-5-19(30-17)32(28,29)26-6-1-7-26/h2-5,8,13,15H,1,6-7,9-12H2,(H,24,27). The summed E-state index contributed by atoms with van der Waals surface area (Å²) in [6.45, 7) is 1.00. The molecule has 32 heavy (non-hydrogen) atoms. The number of amides is 1. The molecule has 6 rings (SSSR count). The molecule has 2 aromatic heterocycles. The number of thiazole rings is 1. The minimum absolute atomic E-state index is 0.0460. The van der Waals surface area contributed by atoms with Crippen molar-refractivity contribution in [2.45, 2.75) is 49.2 Å². The number of fused-ring (bicyclic) bond motifs is 1. The van der Waals surface area contributed by atoms with E-state index in [-0.39, 0.29) is 28.2 Å². The third-order valence-electron chi connectivity index (χ3n) is 6.98. The molecule has 2 aliphatic carbocycles. The van der Waals surface area contributed by atoms with Crippen LogP contribution in [0.4, 0.5) is 0 Å². The fourth-order valence-corrected chi connectivity index (χ4v) is 7.81. The van der Waals surface area contributed by atoms with Crippen LogP contribution in [0.5, 0.6) is 0 Å². The maximum absolute atomic E-state index is 12.5. The van der Waals surface area contributed by atoms with Gasteiger partial charge in [0, 0.05) is 30.1 Å². The molecule has 2 saturated carbocycles. The average Bonchev–Trinajstić information content (AvgIpc) is 3.27. The van der Waals surface area contributed by atoms with Crippen molar-refractivity contribution < 1.29 is 17.6 Å². The molecule has 1 saturated heterocycles. The maximum atomic E-state index is 12.5. The summed E-state index contributed by atoms with van der Waals surface area (Å²) < 4.78 is 32.7. The van der Waals surface area contributed by atoms with Gasteiger partial charge in [-0.15, -0.1) is 11.3 Å².